The van der Waals surface area contributed by atoms with Gasteiger partial charge in [0.1, 0.15) is 0 Å². The van der Waals surface area contributed by atoms with Gasteiger partial charge < -0.3 is 9.84 Å². The van der Waals surface area contributed by atoms with Gasteiger partial charge in [-0.2, -0.15) is 0 Å². The Morgan fingerprint density at radius 3 is 2.53 bits per heavy atom. The Labute approximate surface area is 116 Å². The van der Waals surface area contributed by atoms with Crippen LogP contribution in [-0.4, -0.2) is 56.0 Å². The zero-order chi connectivity index (χ0) is 13.9. The molecule has 0 aromatic heterocycles. The van der Waals surface area contributed by atoms with E-state index < -0.39 is 10.0 Å². The van der Waals surface area contributed by atoms with Gasteiger partial charge in [0.2, 0.25) is 10.0 Å². The molecule has 0 amide bonds. The van der Waals surface area contributed by atoms with Gasteiger partial charge in [-0.05, 0) is 44.4 Å². The Hall–Kier alpha value is -0.170. The van der Waals surface area contributed by atoms with E-state index in [9.17, 15) is 13.5 Å². The summed E-state index contributed by atoms with van der Waals surface area (Å²) < 4.78 is 30.5. The molecule has 112 valence electrons. The molecule has 1 atom stereocenters. The van der Waals surface area contributed by atoms with Crippen LogP contribution in [0.25, 0.3) is 0 Å². The van der Waals surface area contributed by atoms with Gasteiger partial charge in [-0.15, -0.1) is 0 Å². The monoisotopic (exact) mass is 291 g/mol. The summed E-state index contributed by atoms with van der Waals surface area (Å²) in [5.41, 5.74) is 0. The van der Waals surface area contributed by atoms with Crippen LogP contribution in [-0.2, 0) is 14.8 Å². The molecule has 1 heterocycles. The Balaban J connectivity index is 1.74. The normalized spacial score (nSPS) is 34.3. The van der Waals surface area contributed by atoms with E-state index in [0.29, 0.717) is 25.6 Å². The minimum Gasteiger partial charge on any atom is -0.393 e. The fraction of sp³-hybridized carbons (Fsp3) is 1.00. The third kappa shape index (κ3) is 4.70. The number of sulfonamides is 1. The predicted molar refractivity (Wildman–Crippen MR) is 73.4 cm³/mol. The Morgan fingerprint density at radius 1 is 1.21 bits per heavy atom. The van der Waals surface area contributed by atoms with E-state index in [1.807, 2.05) is 0 Å². The molecule has 0 bridgehead atoms. The van der Waals surface area contributed by atoms with Gasteiger partial charge >= 0.3 is 0 Å². The first-order valence-corrected chi connectivity index (χ1v) is 9.05. The van der Waals surface area contributed by atoms with Crippen LogP contribution in [0.4, 0.5) is 0 Å². The zero-order valence-electron chi connectivity index (χ0n) is 11.6. The predicted octanol–water partition coefficient (Wildman–Crippen LogP) is 0.978. The molecule has 1 aliphatic carbocycles. The van der Waals surface area contributed by atoms with Crippen molar-refractivity contribution in [3.8, 4) is 0 Å². The summed E-state index contributed by atoms with van der Waals surface area (Å²) in [6.07, 6.45) is 6.82. The largest absolute Gasteiger partial charge is 0.393 e. The third-order valence-corrected chi connectivity index (χ3v) is 5.43. The van der Waals surface area contributed by atoms with Gasteiger partial charge in [0.15, 0.2) is 0 Å². The molecule has 1 unspecified atom stereocenters. The third-order valence-electron chi connectivity index (χ3n) is 4.16. The SMILES string of the molecule is CS(=O)(=O)N1CCCC(COC2CCC(O)CC2)C1. The Morgan fingerprint density at radius 2 is 1.89 bits per heavy atom. The smallest absolute Gasteiger partial charge is 0.211 e. The number of aliphatic hydroxyl groups excluding tert-OH is 1. The molecule has 1 saturated carbocycles. The van der Waals surface area contributed by atoms with Crippen LogP contribution in [0.1, 0.15) is 38.5 Å². The lowest BCUT2D eigenvalue weighted by molar-refractivity contribution is -0.0235. The van der Waals surface area contributed by atoms with Crippen molar-refractivity contribution in [2.24, 2.45) is 5.92 Å². The van der Waals surface area contributed by atoms with Crippen LogP contribution < -0.4 is 0 Å². The van der Waals surface area contributed by atoms with Crippen molar-refractivity contribution >= 4 is 10.0 Å². The maximum Gasteiger partial charge on any atom is 0.211 e. The molecule has 0 radical (unpaired) electrons. The number of piperidine rings is 1. The van der Waals surface area contributed by atoms with E-state index in [1.54, 1.807) is 4.31 Å². The number of hydrogen-bond acceptors (Lipinski definition) is 4. The van der Waals surface area contributed by atoms with Crippen LogP contribution >= 0.6 is 0 Å². The molecule has 1 N–H and O–H groups in total. The van der Waals surface area contributed by atoms with Crippen LogP contribution in [0.5, 0.6) is 0 Å². The highest BCUT2D eigenvalue weighted by atomic mass is 32.2. The highest BCUT2D eigenvalue weighted by molar-refractivity contribution is 7.88. The second-order valence-corrected chi connectivity index (χ2v) is 7.88. The fourth-order valence-corrected chi connectivity index (χ4v) is 3.89. The van der Waals surface area contributed by atoms with Crippen molar-refractivity contribution in [1.82, 2.24) is 4.31 Å². The first-order valence-electron chi connectivity index (χ1n) is 7.20. The fourth-order valence-electron chi connectivity index (χ4n) is 2.95. The second-order valence-electron chi connectivity index (χ2n) is 5.89. The second kappa shape index (κ2) is 6.52. The topological polar surface area (TPSA) is 66.8 Å². The first kappa shape index (κ1) is 15.2. The summed E-state index contributed by atoms with van der Waals surface area (Å²) in [5.74, 6) is 0.315. The number of rotatable bonds is 4. The van der Waals surface area contributed by atoms with Crippen LogP contribution in [0.3, 0.4) is 0 Å². The lowest BCUT2D eigenvalue weighted by Gasteiger charge is -2.32. The lowest BCUT2D eigenvalue weighted by atomic mass is 9.95. The molecule has 1 saturated heterocycles. The molecule has 0 spiro atoms. The highest BCUT2D eigenvalue weighted by Gasteiger charge is 2.27. The highest BCUT2D eigenvalue weighted by Crippen LogP contribution is 2.24. The van der Waals surface area contributed by atoms with Crippen molar-refractivity contribution in [1.29, 1.82) is 0 Å². The molecule has 6 heteroatoms. The molecule has 0 aromatic rings. The molecule has 19 heavy (non-hydrogen) atoms. The van der Waals surface area contributed by atoms with E-state index in [4.69, 9.17) is 4.74 Å². The molecule has 5 nitrogen and oxygen atoms in total. The maximum atomic E-state index is 11.5. The van der Waals surface area contributed by atoms with Crippen molar-refractivity contribution in [2.45, 2.75) is 50.7 Å². The Kier molecular flexibility index (Phi) is 5.22. The maximum absolute atomic E-state index is 11.5. The number of hydrogen-bond donors (Lipinski definition) is 1. The van der Waals surface area contributed by atoms with E-state index in [1.165, 1.54) is 6.26 Å². The molecular formula is C13H25NO4S. The molecule has 0 aromatic carbocycles. The van der Waals surface area contributed by atoms with Crippen LogP contribution in [0.2, 0.25) is 0 Å². The summed E-state index contributed by atoms with van der Waals surface area (Å²) in [6, 6.07) is 0. The summed E-state index contributed by atoms with van der Waals surface area (Å²) >= 11 is 0. The first-order chi connectivity index (χ1) is 8.95. The summed E-state index contributed by atoms with van der Waals surface area (Å²) in [6.45, 7) is 1.88. The van der Waals surface area contributed by atoms with Crippen molar-refractivity contribution in [3.63, 3.8) is 0 Å². The van der Waals surface area contributed by atoms with Crippen molar-refractivity contribution in [3.05, 3.63) is 0 Å². The average Bonchev–Trinajstić information content (AvgIpc) is 2.37. The van der Waals surface area contributed by atoms with E-state index in [2.05, 4.69) is 0 Å². The lowest BCUT2D eigenvalue weighted by Crippen LogP contribution is -2.41. The summed E-state index contributed by atoms with van der Waals surface area (Å²) in [4.78, 5) is 0. The summed E-state index contributed by atoms with van der Waals surface area (Å²) in [7, 11) is -3.06. The summed E-state index contributed by atoms with van der Waals surface area (Å²) in [5, 5.41) is 9.44. The van der Waals surface area contributed by atoms with Gasteiger partial charge in [-0.25, -0.2) is 12.7 Å². The molecule has 2 rings (SSSR count). The number of nitrogens with zero attached hydrogens (tertiary/aromatic N) is 1. The zero-order valence-corrected chi connectivity index (χ0v) is 12.4. The molecule has 1 aliphatic heterocycles. The quantitative estimate of drug-likeness (QED) is 0.838. The van der Waals surface area contributed by atoms with Gasteiger partial charge in [-0.3, -0.25) is 0 Å². The van der Waals surface area contributed by atoms with E-state index in [0.717, 1.165) is 38.5 Å². The molecule has 2 fully saturated rings. The minimum atomic E-state index is -3.06. The van der Waals surface area contributed by atoms with Crippen LogP contribution in [0, 0.1) is 5.92 Å². The van der Waals surface area contributed by atoms with Gasteiger partial charge in [-0.1, -0.05) is 0 Å². The average molecular weight is 291 g/mol. The van der Waals surface area contributed by atoms with Gasteiger partial charge in [0.05, 0.1) is 25.1 Å². The molecule has 2 aliphatic rings. The van der Waals surface area contributed by atoms with Crippen molar-refractivity contribution < 1.29 is 18.3 Å². The van der Waals surface area contributed by atoms with Gasteiger partial charge in [0.25, 0.3) is 0 Å². The number of aliphatic hydroxyl groups is 1. The standard InChI is InChI=1S/C13H25NO4S/c1-19(16,17)14-8-2-3-11(9-14)10-18-13-6-4-12(15)5-7-13/h11-13,15H,2-10H2,1H3. The minimum absolute atomic E-state index is 0.157. The van der Waals surface area contributed by atoms with E-state index in [-0.39, 0.29) is 12.2 Å². The van der Waals surface area contributed by atoms with E-state index >= 15 is 0 Å². The van der Waals surface area contributed by atoms with Crippen LogP contribution in [0.15, 0.2) is 0 Å². The van der Waals surface area contributed by atoms with Crippen molar-refractivity contribution in [2.75, 3.05) is 26.0 Å². The Bertz CT molecular complexity index is 376. The van der Waals surface area contributed by atoms with Gasteiger partial charge in [0, 0.05) is 13.1 Å². The number of ether oxygens (including phenoxy) is 1. The molecular weight excluding hydrogens is 266 g/mol.